The first kappa shape index (κ1) is 9.27. The molecule has 0 saturated heterocycles. The zero-order chi connectivity index (χ0) is 8.81. The van der Waals surface area contributed by atoms with E-state index in [-0.39, 0.29) is 0 Å². The van der Waals surface area contributed by atoms with E-state index in [1.165, 1.54) is 5.56 Å². The molecule has 1 unspecified atom stereocenters. The second-order valence-electron chi connectivity index (χ2n) is 3.18. The summed E-state index contributed by atoms with van der Waals surface area (Å²) in [5.74, 6) is 0.568. The number of hydrogen-bond acceptors (Lipinski definition) is 1. The molecule has 12 heavy (non-hydrogen) atoms. The lowest BCUT2D eigenvalue weighted by atomic mass is 9.97. The van der Waals surface area contributed by atoms with Crippen molar-refractivity contribution in [2.75, 3.05) is 6.61 Å². The largest absolute Gasteiger partial charge is 0.396 e. The molecular formula is C11H16O. The minimum Gasteiger partial charge on any atom is -0.396 e. The highest BCUT2D eigenvalue weighted by atomic mass is 16.2. The number of hydrogen-bond donors (Lipinski definition) is 1. The zero-order valence-electron chi connectivity index (χ0n) is 7.53. The molecule has 0 amide bonds. The van der Waals surface area contributed by atoms with Gasteiger partial charge in [0.2, 0.25) is 0 Å². The minimum atomic E-state index is 0.303. The second-order valence-corrected chi connectivity index (χ2v) is 3.18. The van der Waals surface area contributed by atoms with E-state index >= 15 is 0 Å². The Morgan fingerprint density at radius 2 is 1.92 bits per heavy atom. The van der Waals surface area contributed by atoms with Crippen LogP contribution in [0.25, 0.3) is 0 Å². The number of rotatable bonds is 4. The summed E-state index contributed by atoms with van der Waals surface area (Å²) in [7, 11) is 0. The van der Waals surface area contributed by atoms with Crippen LogP contribution in [0.1, 0.15) is 31.2 Å². The molecule has 0 aliphatic carbocycles. The first-order valence-corrected chi connectivity index (χ1v) is 4.50. The second kappa shape index (κ2) is 4.94. The fourth-order valence-electron chi connectivity index (χ4n) is 1.35. The van der Waals surface area contributed by atoms with E-state index in [4.69, 9.17) is 5.11 Å². The van der Waals surface area contributed by atoms with Gasteiger partial charge in [0.1, 0.15) is 0 Å². The van der Waals surface area contributed by atoms with Gasteiger partial charge < -0.3 is 5.11 Å². The van der Waals surface area contributed by atoms with Gasteiger partial charge in [-0.05, 0) is 24.3 Å². The molecular weight excluding hydrogens is 148 g/mol. The molecule has 1 rings (SSSR count). The first-order chi connectivity index (χ1) is 5.84. The van der Waals surface area contributed by atoms with Gasteiger partial charge in [-0.25, -0.2) is 0 Å². The van der Waals surface area contributed by atoms with Crippen LogP contribution in [0.5, 0.6) is 0 Å². The van der Waals surface area contributed by atoms with E-state index in [1.807, 2.05) is 6.07 Å². The van der Waals surface area contributed by atoms with Crippen molar-refractivity contribution in [3.05, 3.63) is 35.9 Å². The van der Waals surface area contributed by atoms with Gasteiger partial charge in [-0.15, -0.1) is 0 Å². The highest BCUT2D eigenvalue weighted by molar-refractivity contribution is 5.18. The van der Waals surface area contributed by atoms with Crippen LogP contribution in [-0.4, -0.2) is 11.7 Å². The van der Waals surface area contributed by atoms with E-state index in [0.29, 0.717) is 12.5 Å². The van der Waals surface area contributed by atoms with E-state index in [0.717, 1.165) is 12.8 Å². The molecule has 0 fully saturated rings. The van der Waals surface area contributed by atoms with Crippen LogP contribution >= 0.6 is 0 Å². The van der Waals surface area contributed by atoms with Crippen LogP contribution in [0.4, 0.5) is 0 Å². The Labute approximate surface area is 74.1 Å². The van der Waals surface area contributed by atoms with Gasteiger partial charge >= 0.3 is 0 Å². The maximum atomic E-state index is 8.66. The summed E-state index contributed by atoms with van der Waals surface area (Å²) >= 11 is 0. The van der Waals surface area contributed by atoms with Gasteiger partial charge in [-0.2, -0.15) is 0 Å². The molecule has 1 atom stereocenters. The van der Waals surface area contributed by atoms with Gasteiger partial charge in [0.25, 0.3) is 0 Å². The molecule has 0 aliphatic rings. The lowest BCUT2D eigenvalue weighted by Gasteiger charge is -2.09. The molecule has 0 heterocycles. The average Bonchev–Trinajstić information content (AvgIpc) is 2.15. The molecule has 1 N–H and O–H groups in total. The van der Waals surface area contributed by atoms with E-state index in [1.54, 1.807) is 0 Å². The first-order valence-electron chi connectivity index (χ1n) is 4.50. The quantitative estimate of drug-likeness (QED) is 0.725. The van der Waals surface area contributed by atoms with Crippen molar-refractivity contribution in [2.24, 2.45) is 0 Å². The maximum Gasteiger partial charge on any atom is 0.0431 e. The smallest absolute Gasteiger partial charge is 0.0431 e. The van der Waals surface area contributed by atoms with Crippen LogP contribution in [0.2, 0.25) is 0 Å². The molecule has 1 aromatic rings. The van der Waals surface area contributed by atoms with Crippen molar-refractivity contribution < 1.29 is 5.11 Å². The summed E-state index contributed by atoms with van der Waals surface area (Å²) in [5.41, 5.74) is 1.37. The summed E-state index contributed by atoms with van der Waals surface area (Å²) in [6.07, 6.45) is 1.97. The molecule has 0 spiro atoms. The average molecular weight is 164 g/mol. The highest BCUT2D eigenvalue weighted by Crippen LogP contribution is 2.19. The van der Waals surface area contributed by atoms with Crippen LogP contribution < -0.4 is 0 Å². The monoisotopic (exact) mass is 164 g/mol. The Morgan fingerprint density at radius 3 is 2.50 bits per heavy atom. The maximum absolute atomic E-state index is 8.66. The Kier molecular flexibility index (Phi) is 3.81. The van der Waals surface area contributed by atoms with Crippen LogP contribution in [-0.2, 0) is 0 Å². The molecule has 0 aliphatic heterocycles. The molecule has 1 aromatic carbocycles. The lowest BCUT2D eigenvalue weighted by molar-refractivity contribution is 0.281. The topological polar surface area (TPSA) is 20.2 Å². The Balaban J connectivity index is 2.48. The fraction of sp³-hybridized carbons (Fsp3) is 0.455. The van der Waals surface area contributed by atoms with E-state index in [9.17, 15) is 0 Å². The van der Waals surface area contributed by atoms with Crippen molar-refractivity contribution >= 4 is 0 Å². The third kappa shape index (κ3) is 2.67. The SMILES string of the molecule is CC(CCCO)c1ccccc1. The van der Waals surface area contributed by atoms with Gasteiger partial charge in [-0.1, -0.05) is 37.3 Å². The van der Waals surface area contributed by atoms with Crippen LogP contribution in [0.15, 0.2) is 30.3 Å². The molecule has 1 heteroatoms. The summed E-state index contributed by atoms with van der Waals surface area (Å²) in [6, 6.07) is 10.4. The zero-order valence-corrected chi connectivity index (χ0v) is 7.53. The molecule has 1 nitrogen and oxygen atoms in total. The van der Waals surface area contributed by atoms with Crippen LogP contribution in [0.3, 0.4) is 0 Å². The van der Waals surface area contributed by atoms with Gasteiger partial charge in [0, 0.05) is 6.61 Å². The summed E-state index contributed by atoms with van der Waals surface area (Å²) in [6.45, 7) is 2.50. The third-order valence-corrected chi connectivity index (χ3v) is 2.16. The van der Waals surface area contributed by atoms with E-state index in [2.05, 4.69) is 31.2 Å². The van der Waals surface area contributed by atoms with Crippen molar-refractivity contribution in [3.63, 3.8) is 0 Å². The van der Waals surface area contributed by atoms with Crippen molar-refractivity contribution in [3.8, 4) is 0 Å². The van der Waals surface area contributed by atoms with Crippen molar-refractivity contribution in [1.29, 1.82) is 0 Å². The highest BCUT2D eigenvalue weighted by Gasteiger charge is 2.02. The van der Waals surface area contributed by atoms with E-state index < -0.39 is 0 Å². The predicted molar refractivity (Wildman–Crippen MR) is 51.2 cm³/mol. The lowest BCUT2D eigenvalue weighted by Crippen LogP contribution is -1.94. The Hall–Kier alpha value is -0.820. The Morgan fingerprint density at radius 1 is 1.25 bits per heavy atom. The molecule has 0 bridgehead atoms. The number of aliphatic hydroxyl groups is 1. The van der Waals surface area contributed by atoms with Gasteiger partial charge in [-0.3, -0.25) is 0 Å². The normalized spacial score (nSPS) is 12.8. The summed E-state index contributed by atoms with van der Waals surface area (Å²) < 4.78 is 0. The standard InChI is InChI=1S/C11H16O/c1-10(6-5-9-12)11-7-3-2-4-8-11/h2-4,7-8,10,12H,5-6,9H2,1H3. The molecule has 0 radical (unpaired) electrons. The molecule has 0 aromatic heterocycles. The summed E-state index contributed by atoms with van der Waals surface area (Å²) in [4.78, 5) is 0. The summed E-state index contributed by atoms with van der Waals surface area (Å²) in [5, 5.41) is 8.66. The van der Waals surface area contributed by atoms with Crippen molar-refractivity contribution in [1.82, 2.24) is 0 Å². The van der Waals surface area contributed by atoms with Gasteiger partial charge in [0.15, 0.2) is 0 Å². The third-order valence-electron chi connectivity index (χ3n) is 2.16. The predicted octanol–water partition coefficient (Wildman–Crippen LogP) is 2.56. The molecule has 66 valence electrons. The number of benzene rings is 1. The number of aliphatic hydroxyl groups excluding tert-OH is 1. The fourth-order valence-corrected chi connectivity index (χ4v) is 1.35. The van der Waals surface area contributed by atoms with Crippen LogP contribution in [0, 0.1) is 0 Å². The van der Waals surface area contributed by atoms with Gasteiger partial charge in [0.05, 0.1) is 0 Å². The van der Waals surface area contributed by atoms with Crippen molar-refractivity contribution in [2.45, 2.75) is 25.7 Å². The Bertz CT molecular complexity index is 206. The molecule has 0 saturated carbocycles. The minimum absolute atomic E-state index is 0.303.